The molecule has 1 saturated heterocycles. The van der Waals surface area contributed by atoms with Gasteiger partial charge in [-0.15, -0.1) is 0 Å². The molecule has 8 heteroatoms. The van der Waals surface area contributed by atoms with E-state index in [2.05, 4.69) is 12.1 Å². The summed E-state index contributed by atoms with van der Waals surface area (Å²) >= 11 is 0. The van der Waals surface area contributed by atoms with Crippen molar-refractivity contribution < 1.29 is 32.6 Å². The zero-order valence-electron chi connectivity index (χ0n) is 24.1. The molecule has 222 valence electrons. The van der Waals surface area contributed by atoms with E-state index < -0.39 is 7.60 Å². The van der Waals surface area contributed by atoms with Crippen molar-refractivity contribution in [3.05, 3.63) is 108 Å². The lowest BCUT2D eigenvalue weighted by molar-refractivity contribution is -0.220. The molecule has 4 atom stereocenters. The average Bonchev–Trinajstić information content (AvgIpc) is 3.00. The van der Waals surface area contributed by atoms with Crippen LogP contribution in [0.3, 0.4) is 0 Å². The lowest BCUT2D eigenvalue weighted by atomic mass is 9.96. The van der Waals surface area contributed by atoms with E-state index >= 15 is 0 Å². The lowest BCUT2D eigenvalue weighted by Crippen LogP contribution is -2.52. The molecule has 0 amide bonds. The summed E-state index contributed by atoms with van der Waals surface area (Å²) in [7, 11) is -3.20. The highest BCUT2D eigenvalue weighted by molar-refractivity contribution is 7.53. The van der Waals surface area contributed by atoms with E-state index in [0.717, 1.165) is 16.7 Å². The van der Waals surface area contributed by atoms with Crippen LogP contribution in [-0.4, -0.2) is 50.4 Å². The van der Waals surface area contributed by atoms with Crippen LogP contribution in [0.25, 0.3) is 0 Å². The van der Waals surface area contributed by atoms with Crippen molar-refractivity contribution in [3.63, 3.8) is 0 Å². The van der Waals surface area contributed by atoms with Crippen LogP contribution in [0.1, 0.15) is 43.4 Å². The normalized spacial score (nSPS) is 21.1. The largest absolute Gasteiger partial charge is 0.374 e. The van der Waals surface area contributed by atoms with Gasteiger partial charge >= 0.3 is 7.60 Å². The van der Waals surface area contributed by atoms with Crippen LogP contribution in [0.4, 0.5) is 0 Å². The summed E-state index contributed by atoms with van der Waals surface area (Å²) in [5.41, 5.74) is 3.26. The van der Waals surface area contributed by atoms with E-state index in [1.54, 1.807) is 0 Å². The Morgan fingerprint density at radius 3 is 1.78 bits per heavy atom. The van der Waals surface area contributed by atoms with Crippen LogP contribution < -0.4 is 0 Å². The second kappa shape index (κ2) is 16.9. The summed E-state index contributed by atoms with van der Waals surface area (Å²) in [6.07, 6.45) is 0.200. The highest BCUT2D eigenvalue weighted by Crippen LogP contribution is 2.49. The molecule has 1 heterocycles. The van der Waals surface area contributed by atoms with Gasteiger partial charge in [-0.25, -0.2) is 0 Å². The third kappa shape index (κ3) is 10.5. The maximum atomic E-state index is 13.2. The van der Waals surface area contributed by atoms with E-state index in [0.29, 0.717) is 52.5 Å². The molecule has 4 rings (SSSR count). The number of benzene rings is 3. The van der Waals surface area contributed by atoms with Crippen LogP contribution in [0, 0.1) is 0 Å². The molecule has 1 aliphatic heterocycles. The minimum atomic E-state index is -3.20. The fourth-order valence-electron chi connectivity index (χ4n) is 4.98. The number of hydrogen-bond donors (Lipinski definition) is 0. The predicted molar refractivity (Wildman–Crippen MR) is 160 cm³/mol. The van der Waals surface area contributed by atoms with Gasteiger partial charge in [0, 0.05) is 6.42 Å². The summed E-state index contributed by atoms with van der Waals surface area (Å²) in [5, 5.41) is 0. The molecule has 0 unspecified atom stereocenters. The first-order valence-corrected chi connectivity index (χ1v) is 16.3. The van der Waals surface area contributed by atoms with Crippen molar-refractivity contribution >= 4 is 7.60 Å². The Morgan fingerprint density at radius 2 is 1.24 bits per heavy atom. The molecular weight excluding hydrogens is 539 g/mol. The third-order valence-electron chi connectivity index (χ3n) is 6.96. The molecule has 1 aliphatic rings. The smallest absolute Gasteiger partial charge is 0.330 e. The first-order chi connectivity index (χ1) is 20.1. The first kappa shape index (κ1) is 31.6. The van der Waals surface area contributed by atoms with Crippen molar-refractivity contribution in [2.24, 2.45) is 0 Å². The first-order valence-electron chi connectivity index (χ1n) is 14.5. The van der Waals surface area contributed by atoms with Crippen LogP contribution in [-0.2, 0) is 52.4 Å². The Hall–Kier alpha value is -2.35. The number of hydrogen-bond acceptors (Lipinski definition) is 7. The van der Waals surface area contributed by atoms with Gasteiger partial charge in [-0.2, -0.15) is 0 Å². The maximum absolute atomic E-state index is 13.2. The lowest BCUT2D eigenvalue weighted by Gasteiger charge is -2.42. The average molecular weight is 583 g/mol. The van der Waals surface area contributed by atoms with Crippen LogP contribution >= 0.6 is 7.60 Å². The predicted octanol–water partition coefficient (Wildman–Crippen LogP) is 7.19. The molecule has 1 fully saturated rings. The van der Waals surface area contributed by atoms with Crippen LogP contribution in [0.5, 0.6) is 0 Å². The third-order valence-corrected chi connectivity index (χ3v) is 9.07. The van der Waals surface area contributed by atoms with Crippen molar-refractivity contribution in [1.82, 2.24) is 0 Å². The molecule has 0 N–H and O–H groups in total. The SMILES string of the molecule is CCOP(=O)(CC[C@@H]1C[C@@H](OCc2ccccc2)[C@H](OCc2ccccc2)[C@@H](COCc2ccccc2)O1)OCC. The topological polar surface area (TPSA) is 72.5 Å². The monoisotopic (exact) mass is 582 g/mol. The van der Waals surface area contributed by atoms with Gasteiger partial charge in [0.15, 0.2) is 0 Å². The zero-order valence-corrected chi connectivity index (χ0v) is 25.0. The molecular formula is C33H43O7P. The van der Waals surface area contributed by atoms with E-state index in [1.807, 2.05) is 92.7 Å². The molecule has 0 spiro atoms. The molecule has 0 radical (unpaired) electrons. The maximum Gasteiger partial charge on any atom is 0.330 e. The van der Waals surface area contributed by atoms with Gasteiger partial charge in [0.2, 0.25) is 0 Å². The van der Waals surface area contributed by atoms with Crippen LogP contribution in [0.15, 0.2) is 91.0 Å². The summed E-state index contributed by atoms with van der Waals surface area (Å²) < 4.78 is 50.1. The van der Waals surface area contributed by atoms with E-state index in [9.17, 15) is 4.57 Å². The Bertz CT molecular complexity index is 1150. The molecule has 0 saturated carbocycles. The van der Waals surface area contributed by atoms with Crippen molar-refractivity contribution in [2.45, 2.75) is 70.9 Å². The quantitative estimate of drug-likeness (QED) is 0.156. The fraction of sp³-hybridized carbons (Fsp3) is 0.455. The Labute approximate surface area is 244 Å². The van der Waals surface area contributed by atoms with Crippen LogP contribution in [0.2, 0.25) is 0 Å². The fourth-order valence-corrected chi connectivity index (χ4v) is 6.71. The van der Waals surface area contributed by atoms with Crippen molar-refractivity contribution in [2.75, 3.05) is 26.0 Å². The Balaban J connectivity index is 1.50. The second-order valence-electron chi connectivity index (χ2n) is 10.1. The van der Waals surface area contributed by atoms with Gasteiger partial charge in [0.25, 0.3) is 0 Å². The summed E-state index contributed by atoms with van der Waals surface area (Å²) in [6.45, 7) is 6.01. The van der Waals surface area contributed by atoms with E-state index in [-0.39, 0.29) is 30.6 Å². The van der Waals surface area contributed by atoms with Gasteiger partial charge in [0.1, 0.15) is 12.2 Å². The minimum Gasteiger partial charge on any atom is -0.374 e. The number of ether oxygens (including phenoxy) is 4. The van der Waals surface area contributed by atoms with E-state index in [1.165, 1.54) is 0 Å². The summed E-state index contributed by atoms with van der Waals surface area (Å²) in [6, 6.07) is 30.3. The van der Waals surface area contributed by atoms with Gasteiger partial charge in [0.05, 0.1) is 58.0 Å². The van der Waals surface area contributed by atoms with Gasteiger partial charge in [-0.05, 0) is 37.0 Å². The number of rotatable bonds is 17. The van der Waals surface area contributed by atoms with E-state index in [4.69, 9.17) is 28.0 Å². The molecule has 0 bridgehead atoms. The minimum absolute atomic E-state index is 0.216. The second-order valence-corrected chi connectivity index (χ2v) is 12.3. The summed E-state index contributed by atoms with van der Waals surface area (Å²) in [5.74, 6) is 0. The molecule has 0 aliphatic carbocycles. The highest BCUT2D eigenvalue weighted by Gasteiger charge is 2.41. The molecule has 3 aromatic carbocycles. The highest BCUT2D eigenvalue weighted by atomic mass is 31.2. The van der Waals surface area contributed by atoms with Gasteiger partial charge in [-0.3, -0.25) is 4.57 Å². The van der Waals surface area contributed by atoms with Gasteiger partial charge in [-0.1, -0.05) is 91.0 Å². The van der Waals surface area contributed by atoms with Gasteiger partial charge < -0.3 is 28.0 Å². The van der Waals surface area contributed by atoms with Crippen molar-refractivity contribution in [1.29, 1.82) is 0 Å². The summed E-state index contributed by atoms with van der Waals surface area (Å²) in [4.78, 5) is 0. The standard InChI is InChI=1S/C33H43O7P/c1-3-38-41(34,39-4-2)21-20-30-22-31(36-24-28-16-10-6-11-17-28)33(37-25-29-18-12-7-13-19-29)32(40-30)26-35-23-27-14-8-5-9-15-27/h5-19,30-33H,3-4,20-26H2,1-2H3/t30-,31-,32-,33+/m1/s1. The molecule has 0 aromatic heterocycles. The van der Waals surface area contributed by atoms with Crippen molar-refractivity contribution in [3.8, 4) is 0 Å². The zero-order chi connectivity index (χ0) is 28.8. The Morgan fingerprint density at radius 1 is 0.732 bits per heavy atom. The Kier molecular flexibility index (Phi) is 13.0. The molecule has 3 aromatic rings. The molecule has 7 nitrogen and oxygen atoms in total. The molecule has 41 heavy (non-hydrogen) atoms.